The summed E-state index contributed by atoms with van der Waals surface area (Å²) in [7, 11) is 0. The van der Waals surface area contributed by atoms with E-state index in [1.54, 1.807) is 0 Å². The summed E-state index contributed by atoms with van der Waals surface area (Å²) in [5, 5.41) is 2.74. The summed E-state index contributed by atoms with van der Waals surface area (Å²) in [5.74, 6) is 1.04. The minimum Gasteiger partial charge on any atom is -0.491 e. The number of benzene rings is 1. The van der Waals surface area contributed by atoms with Crippen molar-refractivity contribution in [3.8, 4) is 5.75 Å². The summed E-state index contributed by atoms with van der Waals surface area (Å²) in [6.07, 6.45) is 0.666. The SMILES string of the molecule is Cc1cccc(C)c1OCCN1C(=O)N[C@@H](CC(C)C)C1=O. The van der Waals surface area contributed by atoms with E-state index in [2.05, 4.69) is 5.32 Å². The second kappa shape index (κ2) is 6.81. The second-order valence-electron chi connectivity index (χ2n) is 6.19. The number of imide groups is 1. The molecule has 2 rings (SSSR count). The maximum absolute atomic E-state index is 12.2. The predicted molar refractivity (Wildman–Crippen MR) is 84.9 cm³/mol. The molecule has 120 valence electrons. The number of urea groups is 1. The number of hydrogen-bond acceptors (Lipinski definition) is 3. The third kappa shape index (κ3) is 3.59. The summed E-state index contributed by atoms with van der Waals surface area (Å²) in [6.45, 7) is 8.61. The average Bonchev–Trinajstić information content (AvgIpc) is 2.68. The van der Waals surface area contributed by atoms with E-state index in [1.165, 1.54) is 4.90 Å². The molecule has 1 N–H and O–H groups in total. The maximum atomic E-state index is 12.2. The first kappa shape index (κ1) is 16.3. The Labute approximate surface area is 131 Å². The minimum absolute atomic E-state index is 0.149. The zero-order valence-electron chi connectivity index (χ0n) is 13.7. The molecule has 0 unspecified atom stereocenters. The Kier molecular flexibility index (Phi) is 5.06. The van der Waals surface area contributed by atoms with Crippen LogP contribution < -0.4 is 10.1 Å². The molecule has 22 heavy (non-hydrogen) atoms. The highest BCUT2D eigenvalue weighted by Crippen LogP contribution is 2.22. The molecule has 1 atom stereocenters. The fourth-order valence-corrected chi connectivity index (χ4v) is 2.69. The van der Waals surface area contributed by atoms with Crippen molar-refractivity contribution in [3.63, 3.8) is 0 Å². The molecule has 1 heterocycles. The molecule has 3 amide bonds. The minimum atomic E-state index is -0.396. The van der Waals surface area contributed by atoms with E-state index in [0.717, 1.165) is 16.9 Å². The fourth-order valence-electron chi connectivity index (χ4n) is 2.69. The Morgan fingerprint density at radius 1 is 1.23 bits per heavy atom. The molecule has 1 aliphatic rings. The molecule has 0 radical (unpaired) electrons. The summed E-state index contributed by atoms with van der Waals surface area (Å²) < 4.78 is 5.77. The van der Waals surface area contributed by atoms with E-state index in [1.807, 2.05) is 45.9 Å². The first-order chi connectivity index (χ1) is 10.4. The number of hydrogen-bond donors (Lipinski definition) is 1. The van der Waals surface area contributed by atoms with Crippen LogP contribution in [0.3, 0.4) is 0 Å². The molecule has 0 bridgehead atoms. The smallest absolute Gasteiger partial charge is 0.324 e. The number of ether oxygens (including phenoxy) is 1. The molecule has 0 aromatic heterocycles. The standard InChI is InChI=1S/C17H24N2O3/c1-11(2)10-14-16(20)19(17(21)18-14)8-9-22-15-12(3)6-5-7-13(15)4/h5-7,11,14H,8-10H2,1-4H3,(H,18,21)/t14-/m0/s1. The Hall–Kier alpha value is -2.04. The monoisotopic (exact) mass is 304 g/mol. The summed E-state index contributed by atoms with van der Waals surface area (Å²) >= 11 is 0. The topological polar surface area (TPSA) is 58.6 Å². The zero-order valence-corrected chi connectivity index (χ0v) is 13.7. The van der Waals surface area contributed by atoms with Crippen molar-refractivity contribution in [2.75, 3.05) is 13.2 Å². The van der Waals surface area contributed by atoms with Crippen LogP contribution in [0.15, 0.2) is 18.2 Å². The first-order valence-corrected chi connectivity index (χ1v) is 7.71. The fraction of sp³-hybridized carbons (Fsp3) is 0.529. The number of nitrogens with zero attached hydrogens (tertiary/aromatic N) is 1. The van der Waals surface area contributed by atoms with Gasteiger partial charge in [-0.2, -0.15) is 0 Å². The normalized spacial score (nSPS) is 18.0. The van der Waals surface area contributed by atoms with Crippen LogP contribution in [0.25, 0.3) is 0 Å². The van der Waals surface area contributed by atoms with Crippen LogP contribution in [0.2, 0.25) is 0 Å². The van der Waals surface area contributed by atoms with E-state index >= 15 is 0 Å². The van der Waals surface area contributed by atoms with Crippen LogP contribution in [0.1, 0.15) is 31.4 Å². The van der Waals surface area contributed by atoms with Crippen LogP contribution in [0.5, 0.6) is 5.75 Å². The Morgan fingerprint density at radius 3 is 2.45 bits per heavy atom. The lowest BCUT2D eigenvalue weighted by Gasteiger charge is -2.16. The van der Waals surface area contributed by atoms with Crippen molar-refractivity contribution >= 4 is 11.9 Å². The quantitative estimate of drug-likeness (QED) is 0.822. The number of rotatable bonds is 6. The van der Waals surface area contributed by atoms with Crippen molar-refractivity contribution < 1.29 is 14.3 Å². The van der Waals surface area contributed by atoms with Crippen molar-refractivity contribution in [2.45, 2.75) is 40.2 Å². The Bertz CT molecular complexity index is 549. The molecule has 1 aromatic rings. The Morgan fingerprint density at radius 2 is 1.86 bits per heavy atom. The van der Waals surface area contributed by atoms with Crippen LogP contribution in [0, 0.1) is 19.8 Å². The van der Waals surface area contributed by atoms with E-state index in [9.17, 15) is 9.59 Å². The molecule has 0 spiro atoms. The van der Waals surface area contributed by atoms with Gasteiger partial charge in [0.1, 0.15) is 18.4 Å². The van der Waals surface area contributed by atoms with Gasteiger partial charge in [0.05, 0.1) is 6.54 Å². The van der Waals surface area contributed by atoms with Gasteiger partial charge in [0.25, 0.3) is 5.91 Å². The van der Waals surface area contributed by atoms with Gasteiger partial charge >= 0.3 is 6.03 Å². The van der Waals surface area contributed by atoms with Crippen molar-refractivity contribution in [2.24, 2.45) is 5.92 Å². The van der Waals surface area contributed by atoms with Gasteiger partial charge in [-0.3, -0.25) is 9.69 Å². The third-order valence-corrected chi connectivity index (χ3v) is 3.78. The van der Waals surface area contributed by atoms with Crippen LogP contribution in [-0.4, -0.2) is 36.0 Å². The average molecular weight is 304 g/mol. The molecule has 1 aliphatic heterocycles. The number of carbonyl (C=O) groups is 2. The van der Waals surface area contributed by atoms with Crippen molar-refractivity contribution in [3.05, 3.63) is 29.3 Å². The number of aryl methyl sites for hydroxylation is 2. The van der Waals surface area contributed by atoms with Crippen LogP contribution in [-0.2, 0) is 4.79 Å². The van der Waals surface area contributed by atoms with E-state index < -0.39 is 6.04 Å². The number of nitrogens with one attached hydrogen (secondary N) is 1. The number of amides is 3. The van der Waals surface area contributed by atoms with E-state index in [0.29, 0.717) is 18.9 Å². The highest BCUT2D eigenvalue weighted by atomic mass is 16.5. The number of para-hydroxylation sites is 1. The molecule has 1 aromatic carbocycles. The third-order valence-electron chi connectivity index (χ3n) is 3.78. The second-order valence-corrected chi connectivity index (χ2v) is 6.19. The van der Waals surface area contributed by atoms with Gasteiger partial charge in [-0.05, 0) is 37.3 Å². The van der Waals surface area contributed by atoms with Gasteiger partial charge < -0.3 is 10.1 Å². The molecular weight excluding hydrogens is 280 g/mol. The largest absolute Gasteiger partial charge is 0.491 e. The van der Waals surface area contributed by atoms with Crippen LogP contribution in [0.4, 0.5) is 4.79 Å². The van der Waals surface area contributed by atoms with Crippen molar-refractivity contribution in [1.29, 1.82) is 0 Å². The summed E-state index contributed by atoms with van der Waals surface area (Å²) in [5.41, 5.74) is 2.10. The number of carbonyl (C=O) groups excluding carboxylic acids is 2. The van der Waals surface area contributed by atoms with Gasteiger partial charge in [-0.1, -0.05) is 32.0 Å². The zero-order chi connectivity index (χ0) is 16.3. The van der Waals surface area contributed by atoms with Crippen molar-refractivity contribution in [1.82, 2.24) is 10.2 Å². The molecule has 0 aliphatic carbocycles. The molecular formula is C17H24N2O3. The summed E-state index contributed by atoms with van der Waals surface area (Å²) in [4.78, 5) is 25.4. The van der Waals surface area contributed by atoms with E-state index in [4.69, 9.17) is 4.74 Å². The predicted octanol–water partition coefficient (Wildman–Crippen LogP) is 2.65. The van der Waals surface area contributed by atoms with Gasteiger partial charge in [-0.15, -0.1) is 0 Å². The maximum Gasteiger partial charge on any atom is 0.324 e. The van der Waals surface area contributed by atoms with Gasteiger partial charge in [0, 0.05) is 0 Å². The first-order valence-electron chi connectivity index (χ1n) is 7.71. The van der Waals surface area contributed by atoms with Gasteiger partial charge in [0.2, 0.25) is 0 Å². The lowest BCUT2D eigenvalue weighted by molar-refractivity contribution is -0.128. The Balaban J connectivity index is 1.92. The highest BCUT2D eigenvalue weighted by molar-refractivity contribution is 6.04. The molecule has 1 fully saturated rings. The van der Waals surface area contributed by atoms with Gasteiger partial charge in [0.15, 0.2) is 0 Å². The molecule has 5 heteroatoms. The van der Waals surface area contributed by atoms with E-state index in [-0.39, 0.29) is 18.5 Å². The van der Waals surface area contributed by atoms with Gasteiger partial charge in [-0.25, -0.2) is 4.79 Å². The van der Waals surface area contributed by atoms with Crippen LogP contribution >= 0.6 is 0 Å². The molecule has 5 nitrogen and oxygen atoms in total. The molecule has 0 saturated carbocycles. The summed E-state index contributed by atoms with van der Waals surface area (Å²) in [6, 6.07) is 5.23. The molecule has 1 saturated heterocycles. The lowest BCUT2D eigenvalue weighted by atomic mass is 10.0. The highest BCUT2D eigenvalue weighted by Gasteiger charge is 2.37. The lowest BCUT2D eigenvalue weighted by Crippen LogP contribution is -2.35.